The van der Waals surface area contributed by atoms with E-state index in [1.54, 1.807) is 0 Å². The number of Topliss-reactive ketones (excluding diaryl/α,β-unsaturated/α-hetero) is 1. The molecular formula is C14H22N2OS. The van der Waals surface area contributed by atoms with Crippen molar-refractivity contribution in [2.24, 2.45) is 11.8 Å². The van der Waals surface area contributed by atoms with Gasteiger partial charge in [0.15, 0.2) is 5.78 Å². The van der Waals surface area contributed by atoms with Crippen LogP contribution in [0.25, 0.3) is 0 Å². The number of aromatic nitrogens is 2. The summed E-state index contributed by atoms with van der Waals surface area (Å²) in [5, 5.41) is 4.17. The molecule has 1 aliphatic carbocycles. The molecule has 0 saturated heterocycles. The molecule has 0 bridgehead atoms. The molecule has 0 aliphatic heterocycles. The van der Waals surface area contributed by atoms with Crippen molar-refractivity contribution in [1.29, 1.82) is 0 Å². The molecule has 18 heavy (non-hydrogen) atoms. The lowest BCUT2D eigenvalue weighted by Gasteiger charge is -2.26. The van der Waals surface area contributed by atoms with Gasteiger partial charge in [-0.15, -0.1) is 5.10 Å². The lowest BCUT2D eigenvalue weighted by molar-refractivity contribution is 0.0870. The van der Waals surface area contributed by atoms with Crippen molar-refractivity contribution in [3.8, 4) is 0 Å². The van der Waals surface area contributed by atoms with E-state index in [1.165, 1.54) is 24.4 Å². The Bertz CT molecular complexity index is 433. The summed E-state index contributed by atoms with van der Waals surface area (Å²) in [6, 6.07) is 0. The second kappa shape index (κ2) is 5.08. The zero-order valence-corrected chi connectivity index (χ0v) is 12.5. The number of carbonyl (C=O) groups excluding carboxylic acids is 1. The van der Waals surface area contributed by atoms with Crippen LogP contribution in [0.2, 0.25) is 0 Å². The van der Waals surface area contributed by atoms with Gasteiger partial charge in [-0.1, -0.05) is 45.0 Å². The molecule has 1 aromatic rings. The van der Waals surface area contributed by atoms with Crippen LogP contribution in [-0.2, 0) is 5.41 Å². The standard InChI is InChI=1S/C14H22N2OS/c1-9-6-5-7-10(8-9)11(17)12-13(14(2,3)4)15-16-18-12/h9-10H,5-8H2,1-4H3. The van der Waals surface area contributed by atoms with Crippen LogP contribution in [-0.4, -0.2) is 15.4 Å². The third kappa shape index (κ3) is 2.79. The van der Waals surface area contributed by atoms with Crippen LogP contribution in [0.15, 0.2) is 0 Å². The van der Waals surface area contributed by atoms with Crippen molar-refractivity contribution in [2.45, 2.75) is 58.8 Å². The maximum Gasteiger partial charge on any atom is 0.179 e. The van der Waals surface area contributed by atoms with Crippen LogP contribution in [0, 0.1) is 11.8 Å². The number of ketones is 1. The van der Waals surface area contributed by atoms with E-state index in [0.717, 1.165) is 23.4 Å². The number of carbonyl (C=O) groups is 1. The predicted octanol–water partition coefficient (Wildman–Crippen LogP) is 3.84. The Kier molecular flexibility index (Phi) is 3.85. The molecule has 0 spiro atoms. The van der Waals surface area contributed by atoms with Crippen LogP contribution >= 0.6 is 11.5 Å². The van der Waals surface area contributed by atoms with Crippen LogP contribution < -0.4 is 0 Å². The molecule has 3 nitrogen and oxygen atoms in total. The van der Waals surface area contributed by atoms with Gasteiger partial charge in [-0.25, -0.2) is 0 Å². The minimum absolute atomic E-state index is 0.0989. The van der Waals surface area contributed by atoms with Gasteiger partial charge in [-0.2, -0.15) is 0 Å². The van der Waals surface area contributed by atoms with Crippen LogP contribution in [0.4, 0.5) is 0 Å². The van der Waals surface area contributed by atoms with Crippen molar-refractivity contribution in [3.63, 3.8) is 0 Å². The summed E-state index contributed by atoms with van der Waals surface area (Å²) in [5.41, 5.74) is 0.772. The van der Waals surface area contributed by atoms with Gasteiger partial charge in [0.2, 0.25) is 0 Å². The Labute approximate surface area is 113 Å². The molecule has 0 aromatic carbocycles. The van der Waals surface area contributed by atoms with Gasteiger partial charge >= 0.3 is 0 Å². The van der Waals surface area contributed by atoms with E-state index >= 15 is 0 Å². The summed E-state index contributed by atoms with van der Waals surface area (Å²) in [6.07, 6.45) is 4.50. The van der Waals surface area contributed by atoms with Crippen LogP contribution in [0.3, 0.4) is 0 Å². The van der Waals surface area contributed by atoms with E-state index in [-0.39, 0.29) is 17.1 Å². The highest BCUT2D eigenvalue weighted by atomic mass is 32.1. The maximum atomic E-state index is 12.6. The predicted molar refractivity (Wildman–Crippen MR) is 74.1 cm³/mol. The Morgan fingerprint density at radius 2 is 2.06 bits per heavy atom. The van der Waals surface area contributed by atoms with Crippen LogP contribution in [0.1, 0.15) is 68.7 Å². The Morgan fingerprint density at radius 1 is 1.33 bits per heavy atom. The van der Waals surface area contributed by atoms with Gasteiger partial charge in [0.1, 0.15) is 4.88 Å². The van der Waals surface area contributed by atoms with E-state index in [9.17, 15) is 4.79 Å². The molecule has 1 saturated carbocycles. The van der Waals surface area contributed by atoms with Crippen molar-refractivity contribution in [1.82, 2.24) is 9.59 Å². The normalized spacial score (nSPS) is 25.1. The average Bonchev–Trinajstić information content (AvgIpc) is 2.76. The molecule has 0 radical (unpaired) electrons. The van der Waals surface area contributed by atoms with Crippen molar-refractivity contribution < 1.29 is 4.79 Å². The van der Waals surface area contributed by atoms with Gasteiger partial charge < -0.3 is 0 Å². The van der Waals surface area contributed by atoms with E-state index in [0.29, 0.717) is 5.92 Å². The topological polar surface area (TPSA) is 42.9 Å². The third-order valence-electron chi connectivity index (χ3n) is 3.73. The number of hydrogen-bond acceptors (Lipinski definition) is 4. The number of hydrogen-bond donors (Lipinski definition) is 0. The second-order valence-corrected chi connectivity index (χ2v) is 7.29. The quantitative estimate of drug-likeness (QED) is 0.764. The maximum absolute atomic E-state index is 12.6. The molecule has 2 atom stereocenters. The minimum Gasteiger partial charge on any atom is -0.293 e. The summed E-state index contributed by atoms with van der Waals surface area (Å²) >= 11 is 1.27. The van der Waals surface area contributed by atoms with E-state index < -0.39 is 0 Å². The van der Waals surface area contributed by atoms with Gasteiger partial charge in [-0.3, -0.25) is 4.79 Å². The molecule has 4 heteroatoms. The minimum atomic E-state index is -0.0989. The van der Waals surface area contributed by atoms with Crippen molar-refractivity contribution in [3.05, 3.63) is 10.6 Å². The summed E-state index contributed by atoms with van der Waals surface area (Å²) in [5.74, 6) is 1.14. The summed E-state index contributed by atoms with van der Waals surface area (Å²) in [6.45, 7) is 8.51. The highest BCUT2D eigenvalue weighted by Crippen LogP contribution is 2.34. The monoisotopic (exact) mass is 266 g/mol. The molecule has 100 valence electrons. The Balaban J connectivity index is 2.21. The highest BCUT2D eigenvalue weighted by molar-refractivity contribution is 7.08. The molecule has 2 unspecified atom stereocenters. The van der Waals surface area contributed by atoms with Gasteiger partial charge in [-0.05, 0) is 30.3 Å². The second-order valence-electron chi connectivity index (χ2n) is 6.53. The molecular weight excluding hydrogens is 244 g/mol. The smallest absolute Gasteiger partial charge is 0.179 e. The van der Waals surface area contributed by atoms with Crippen molar-refractivity contribution in [2.75, 3.05) is 0 Å². The fraction of sp³-hybridized carbons (Fsp3) is 0.786. The lowest BCUT2D eigenvalue weighted by atomic mass is 9.79. The van der Waals surface area contributed by atoms with Gasteiger partial charge in [0.05, 0.1) is 5.69 Å². The first-order valence-electron chi connectivity index (χ1n) is 6.76. The zero-order chi connectivity index (χ0) is 13.3. The lowest BCUT2D eigenvalue weighted by Crippen LogP contribution is -2.24. The van der Waals surface area contributed by atoms with E-state index in [2.05, 4.69) is 37.3 Å². The molecule has 1 aromatic heterocycles. The van der Waals surface area contributed by atoms with E-state index in [4.69, 9.17) is 0 Å². The number of nitrogens with zero attached hydrogens (tertiary/aromatic N) is 2. The molecule has 1 heterocycles. The Morgan fingerprint density at radius 3 is 2.67 bits per heavy atom. The summed E-state index contributed by atoms with van der Waals surface area (Å²) in [4.78, 5) is 13.4. The number of rotatable bonds is 2. The first-order chi connectivity index (χ1) is 8.39. The summed E-state index contributed by atoms with van der Waals surface area (Å²) in [7, 11) is 0. The molecule has 1 aliphatic rings. The molecule has 2 rings (SSSR count). The average molecular weight is 266 g/mol. The third-order valence-corrected chi connectivity index (χ3v) is 4.47. The molecule has 0 N–H and O–H groups in total. The van der Waals surface area contributed by atoms with Crippen molar-refractivity contribution >= 4 is 17.3 Å². The first kappa shape index (κ1) is 13.7. The van der Waals surface area contributed by atoms with E-state index in [1.807, 2.05) is 0 Å². The first-order valence-corrected chi connectivity index (χ1v) is 7.54. The largest absolute Gasteiger partial charge is 0.293 e. The molecule has 0 amide bonds. The fourth-order valence-electron chi connectivity index (χ4n) is 2.70. The molecule has 1 fully saturated rings. The zero-order valence-electron chi connectivity index (χ0n) is 11.7. The Hall–Kier alpha value is -0.770. The highest BCUT2D eigenvalue weighted by Gasteiger charge is 2.32. The fourth-order valence-corrected chi connectivity index (χ4v) is 3.59. The van der Waals surface area contributed by atoms with Gasteiger partial charge in [0.25, 0.3) is 0 Å². The van der Waals surface area contributed by atoms with Crippen LogP contribution in [0.5, 0.6) is 0 Å². The SMILES string of the molecule is CC1CCCC(C(=O)c2snnc2C(C)(C)C)C1. The summed E-state index contributed by atoms with van der Waals surface area (Å²) < 4.78 is 3.99. The van der Waals surface area contributed by atoms with Gasteiger partial charge in [0, 0.05) is 11.3 Å².